The number of nitrogens with zero attached hydrogens (tertiary/aromatic N) is 2. The van der Waals surface area contributed by atoms with Gasteiger partial charge in [0.1, 0.15) is 10.6 Å². The highest BCUT2D eigenvalue weighted by atomic mass is 32.1. The van der Waals surface area contributed by atoms with E-state index in [9.17, 15) is 4.79 Å². The lowest BCUT2D eigenvalue weighted by atomic mass is 9.92. The van der Waals surface area contributed by atoms with Crippen molar-refractivity contribution in [2.24, 2.45) is 11.8 Å². The SMILES string of the molecule is COc1ccc2nc3sc(C(=O)N4C[C@@H](C)C[C@H](C)C4)cc3cc2c1. The van der Waals surface area contributed by atoms with E-state index in [4.69, 9.17) is 9.72 Å². The Hall–Kier alpha value is -2.14. The number of thiophene rings is 1. The van der Waals surface area contributed by atoms with Crippen molar-refractivity contribution in [3.63, 3.8) is 0 Å². The molecule has 1 aliphatic heterocycles. The van der Waals surface area contributed by atoms with Crippen LogP contribution in [0.25, 0.3) is 21.1 Å². The molecule has 4 nitrogen and oxygen atoms in total. The molecule has 0 unspecified atom stereocenters. The minimum absolute atomic E-state index is 0.142. The number of rotatable bonds is 2. The fourth-order valence-corrected chi connectivity index (χ4v) is 4.82. The lowest BCUT2D eigenvalue weighted by Gasteiger charge is -2.34. The second-order valence-corrected chi connectivity index (χ2v) is 8.24. The molecule has 25 heavy (non-hydrogen) atoms. The summed E-state index contributed by atoms with van der Waals surface area (Å²) < 4.78 is 5.29. The van der Waals surface area contributed by atoms with Gasteiger partial charge in [0.25, 0.3) is 5.91 Å². The predicted octanol–water partition coefficient (Wildman–Crippen LogP) is 4.58. The average molecular weight is 354 g/mol. The first-order valence-corrected chi connectivity index (χ1v) is 9.52. The minimum Gasteiger partial charge on any atom is -0.497 e. The third-order valence-electron chi connectivity index (χ3n) is 4.87. The number of fused-ring (bicyclic) bond motifs is 2. The lowest BCUT2D eigenvalue weighted by Crippen LogP contribution is -2.42. The van der Waals surface area contributed by atoms with Gasteiger partial charge in [-0.1, -0.05) is 13.8 Å². The number of carbonyl (C=O) groups excluding carboxylic acids is 1. The molecule has 1 amide bonds. The molecule has 4 rings (SSSR count). The normalized spacial score (nSPS) is 21.0. The lowest BCUT2D eigenvalue weighted by molar-refractivity contribution is 0.0628. The second-order valence-electron chi connectivity index (χ2n) is 7.21. The summed E-state index contributed by atoms with van der Waals surface area (Å²) in [6.45, 7) is 6.15. The molecule has 1 saturated heterocycles. The van der Waals surface area contributed by atoms with Crippen molar-refractivity contribution in [1.29, 1.82) is 0 Å². The summed E-state index contributed by atoms with van der Waals surface area (Å²) in [7, 11) is 1.66. The summed E-state index contributed by atoms with van der Waals surface area (Å²) in [6.07, 6.45) is 1.20. The summed E-state index contributed by atoms with van der Waals surface area (Å²) in [6, 6.07) is 9.93. The topological polar surface area (TPSA) is 42.4 Å². The first-order chi connectivity index (χ1) is 12.0. The molecule has 1 aliphatic rings. The number of methoxy groups -OCH3 is 1. The number of benzene rings is 1. The molecule has 0 bridgehead atoms. The molecule has 0 aliphatic carbocycles. The van der Waals surface area contributed by atoms with Gasteiger partial charge in [-0.05, 0) is 48.6 Å². The first-order valence-electron chi connectivity index (χ1n) is 8.71. The smallest absolute Gasteiger partial charge is 0.264 e. The van der Waals surface area contributed by atoms with Crippen LogP contribution in [-0.4, -0.2) is 36.0 Å². The third kappa shape index (κ3) is 3.09. The summed E-state index contributed by atoms with van der Waals surface area (Å²) in [5, 5.41) is 2.05. The van der Waals surface area contributed by atoms with Crippen LogP contribution in [0.3, 0.4) is 0 Å². The van der Waals surface area contributed by atoms with Crippen molar-refractivity contribution >= 4 is 38.4 Å². The maximum absolute atomic E-state index is 12.9. The van der Waals surface area contributed by atoms with Crippen LogP contribution in [0.2, 0.25) is 0 Å². The van der Waals surface area contributed by atoms with Gasteiger partial charge in [-0.3, -0.25) is 4.79 Å². The number of pyridine rings is 1. The maximum atomic E-state index is 12.9. The number of piperidine rings is 1. The van der Waals surface area contributed by atoms with Gasteiger partial charge in [-0.25, -0.2) is 4.98 Å². The van der Waals surface area contributed by atoms with E-state index in [-0.39, 0.29) is 5.91 Å². The molecule has 3 heterocycles. The molecule has 0 spiro atoms. The van der Waals surface area contributed by atoms with Gasteiger partial charge in [0.15, 0.2) is 0 Å². The molecule has 1 fully saturated rings. The van der Waals surface area contributed by atoms with Crippen LogP contribution < -0.4 is 4.74 Å². The van der Waals surface area contributed by atoms with Gasteiger partial charge in [0.2, 0.25) is 0 Å². The van der Waals surface area contributed by atoms with Crippen LogP contribution in [0.5, 0.6) is 5.75 Å². The van der Waals surface area contributed by atoms with E-state index in [0.29, 0.717) is 11.8 Å². The highest BCUT2D eigenvalue weighted by Gasteiger charge is 2.27. The standard InChI is InChI=1S/C20H22N2O2S/c1-12-6-13(2)11-22(10-12)20(23)18-9-15-7-14-8-16(24-3)4-5-17(14)21-19(15)25-18/h4-5,7-9,12-13H,6,10-11H2,1-3H3/t12-,13-/m0/s1. The van der Waals surface area contributed by atoms with Crippen LogP contribution in [0, 0.1) is 11.8 Å². The van der Waals surface area contributed by atoms with Crippen LogP contribution in [-0.2, 0) is 0 Å². The Balaban J connectivity index is 1.70. The Morgan fingerprint density at radius 3 is 2.64 bits per heavy atom. The fraction of sp³-hybridized carbons (Fsp3) is 0.400. The molecule has 0 saturated carbocycles. The van der Waals surface area contributed by atoms with Crippen molar-refractivity contribution in [2.75, 3.05) is 20.2 Å². The van der Waals surface area contributed by atoms with Crippen LogP contribution in [0.1, 0.15) is 29.9 Å². The number of hydrogen-bond acceptors (Lipinski definition) is 4. The van der Waals surface area contributed by atoms with Gasteiger partial charge in [-0.15, -0.1) is 11.3 Å². The van der Waals surface area contributed by atoms with E-state index in [1.54, 1.807) is 7.11 Å². The van der Waals surface area contributed by atoms with Gasteiger partial charge < -0.3 is 9.64 Å². The fourth-order valence-electron chi connectivity index (χ4n) is 3.83. The van der Waals surface area contributed by atoms with E-state index in [1.807, 2.05) is 29.2 Å². The monoisotopic (exact) mass is 354 g/mol. The molecule has 130 valence electrons. The summed E-state index contributed by atoms with van der Waals surface area (Å²) in [5.41, 5.74) is 0.925. The highest BCUT2D eigenvalue weighted by molar-refractivity contribution is 7.20. The molecule has 5 heteroatoms. The Morgan fingerprint density at radius 2 is 1.92 bits per heavy atom. The van der Waals surface area contributed by atoms with Crippen LogP contribution >= 0.6 is 11.3 Å². The predicted molar refractivity (Wildman–Crippen MR) is 103 cm³/mol. The Labute approximate surface area is 151 Å². The zero-order valence-corrected chi connectivity index (χ0v) is 15.6. The first kappa shape index (κ1) is 16.3. The molecule has 0 radical (unpaired) electrons. The molecular weight excluding hydrogens is 332 g/mol. The van der Waals surface area contributed by atoms with E-state index < -0.39 is 0 Å². The number of hydrogen-bond donors (Lipinski definition) is 0. The summed E-state index contributed by atoms with van der Waals surface area (Å²) in [5.74, 6) is 2.09. The van der Waals surface area contributed by atoms with Gasteiger partial charge >= 0.3 is 0 Å². The third-order valence-corrected chi connectivity index (χ3v) is 5.91. The number of amides is 1. The maximum Gasteiger partial charge on any atom is 0.264 e. The number of ether oxygens (including phenoxy) is 1. The molecular formula is C20H22N2O2S. The van der Waals surface area contributed by atoms with Crippen LogP contribution in [0.4, 0.5) is 0 Å². The number of likely N-dealkylation sites (tertiary alicyclic amines) is 1. The van der Waals surface area contributed by atoms with Crippen molar-refractivity contribution in [2.45, 2.75) is 20.3 Å². The van der Waals surface area contributed by atoms with Crippen molar-refractivity contribution in [3.8, 4) is 5.75 Å². The van der Waals surface area contributed by atoms with Crippen LogP contribution in [0.15, 0.2) is 30.3 Å². The highest BCUT2D eigenvalue weighted by Crippen LogP contribution is 2.31. The summed E-state index contributed by atoms with van der Waals surface area (Å²) in [4.78, 5) is 21.4. The number of carbonyl (C=O) groups is 1. The quantitative estimate of drug-likeness (QED) is 0.677. The Morgan fingerprint density at radius 1 is 1.16 bits per heavy atom. The van der Waals surface area contributed by atoms with Crippen molar-refractivity contribution < 1.29 is 9.53 Å². The zero-order chi connectivity index (χ0) is 17.6. The van der Waals surface area contributed by atoms with Crippen molar-refractivity contribution in [1.82, 2.24) is 9.88 Å². The van der Waals surface area contributed by atoms with E-state index >= 15 is 0 Å². The molecule has 1 aromatic carbocycles. The molecule has 3 aromatic rings. The largest absolute Gasteiger partial charge is 0.497 e. The Kier molecular flexibility index (Phi) is 4.12. The van der Waals surface area contributed by atoms with Gasteiger partial charge in [-0.2, -0.15) is 0 Å². The van der Waals surface area contributed by atoms with Gasteiger partial charge in [0.05, 0.1) is 17.5 Å². The van der Waals surface area contributed by atoms with E-state index in [0.717, 1.165) is 44.8 Å². The zero-order valence-electron chi connectivity index (χ0n) is 14.8. The summed E-state index contributed by atoms with van der Waals surface area (Å²) >= 11 is 1.49. The van der Waals surface area contributed by atoms with Crippen molar-refractivity contribution in [3.05, 3.63) is 35.2 Å². The molecule has 2 atom stereocenters. The average Bonchev–Trinajstić information content (AvgIpc) is 3.00. The Bertz CT molecular complexity index is 939. The van der Waals surface area contributed by atoms with E-state index in [1.165, 1.54) is 17.8 Å². The van der Waals surface area contributed by atoms with E-state index in [2.05, 4.69) is 19.9 Å². The van der Waals surface area contributed by atoms with Gasteiger partial charge in [0, 0.05) is 23.9 Å². The second kappa shape index (κ2) is 6.30. The molecule has 2 aromatic heterocycles. The minimum atomic E-state index is 0.142. The molecule has 0 N–H and O–H groups in total. The number of aromatic nitrogens is 1.